The Bertz CT molecular complexity index is 325. The van der Waals surface area contributed by atoms with Crippen LogP contribution in [-0.2, 0) is 6.54 Å². The Morgan fingerprint density at radius 3 is 2.94 bits per heavy atom. The van der Waals surface area contributed by atoms with Gasteiger partial charge in [-0.3, -0.25) is 0 Å². The second kappa shape index (κ2) is 8.20. The Hall–Kier alpha value is -0.990. The van der Waals surface area contributed by atoms with E-state index in [1.165, 1.54) is 11.1 Å². The average Bonchev–Trinajstić information content (AvgIpc) is 2.32. The van der Waals surface area contributed by atoms with Crippen molar-refractivity contribution in [2.24, 2.45) is 0 Å². The summed E-state index contributed by atoms with van der Waals surface area (Å²) >= 11 is 5.44. The van der Waals surface area contributed by atoms with Crippen molar-refractivity contribution in [2.45, 2.75) is 19.9 Å². The maximum atomic E-state index is 5.60. The molecule has 2 nitrogen and oxygen atoms in total. The molecule has 16 heavy (non-hydrogen) atoms. The van der Waals surface area contributed by atoms with Crippen molar-refractivity contribution in [1.82, 2.24) is 5.32 Å². The number of rotatable bonds is 7. The summed E-state index contributed by atoms with van der Waals surface area (Å²) in [6.45, 7) is 4.53. The van der Waals surface area contributed by atoms with Gasteiger partial charge in [0.2, 0.25) is 0 Å². The van der Waals surface area contributed by atoms with E-state index >= 15 is 0 Å². The third-order valence-corrected chi connectivity index (χ3v) is 2.32. The van der Waals surface area contributed by atoms with Crippen molar-refractivity contribution >= 4 is 11.6 Å². The molecule has 0 radical (unpaired) electrons. The van der Waals surface area contributed by atoms with Crippen LogP contribution in [0.3, 0.4) is 0 Å². The minimum atomic E-state index is 0.508. The van der Waals surface area contributed by atoms with Gasteiger partial charge in [-0.2, -0.15) is 0 Å². The van der Waals surface area contributed by atoms with E-state index < -0.39 is 0 Å². The van der Waals surface area contributed by atoms with Crippen LogP contribution in [0.2, 0.25) is 0 Å². The lowest BCUT2D eigenvalue weighted by atomic mass is 10.2. The molecule has 0 heterocycles. The normalized spacial score (nSPS) is 10.9. The lowest BCUT2D eigenvalue weighted by Crippen LogP contribution is -2.14. The van der Waals surface area contributed by atoms with Crippen molar-refractivity contribution in [3.63, 3.8) is 0 Å². The van der Waals surface area contributed by atoms with E-state index in [1.54, 1.807) is 6.08 Å². The Morgan fingerprint density at radius 2 is 2.19 bits per heavy atom. The van der Waals surface area contributed by atoms with Gasteiger partial charge in [0.05, 0.1) is 0 Å². The number of hydrogen-bond acceptors (Lipinski definition) is 2. The minimum Gasteiger partial charge on any atom is -0.489 e. The first kappa shape index (κ1) is 13.1. The largest absolute Gasteiger partial charge is 0.489 e. The molecule has 1 aromatic rings. The van der Waals surface area contributed by atoms with Crippen molar-refractivity contribution in [3.05, 3.63) is 41.4 Å². The lowest BCUT2D eigenvalue weighted by molar-refractivity contribution is 0.357. The van der Waals surface area contributed by atoms with E-state index in [9.17, 15) is 0 Å². The summed E-state index contributed by atoms with van der Waals surface area (Å²) in [5, 5.41) is 3.36. The number of nitrogens with one attached hydrogen (secondary N) is 1. The van der Waals surface area contributed by atoms with Crippen molar-refractivity contribution in [2.75, 3.05) is 13.2 Å². The highest BCUT2D eigenvalue weighted by molar-refractivity contribution is 6.25. The van der Waals surface area contributed by atoms with Crippen LogP contribution in [0.1, 0.15) is 18.9 Å². The van der Waals surface area contributed by atoms with Gasteiger partial charge in [0.15, 0.2) is 0 Å². The molecule has 88 valence electrons. The summed E-state index contributed by atoms with van der Waals surface area (Å²) in [5.41, 5.74) is 2.65. The summed E-state index contributed by atoms with van der Waals surface area (Å²) in [6, 6.07) is 8.05. The van der Waals surface area contributed by atoms with Crippen molar-refractivity contribution in [3.8, 4) is 5.75 Å². The quantitative estimate of drug-likeness (QED) is 0.737. The number of para-hydroxylation sites is 1. The first-order valence-corrected chi connectivity index (χ1v) is 5.98. The van der Waals surface area contributed by atoms with Crippen LogP contribution in [0.15, 0.2) is 35.9 Å². The van der Waals surface area contributed by atoms with Crippen molar-refractivity contribution in [1.29, 1.82) is 0 Å². The van der Waals surface area contributed by atoms with Gasteiger partial charge in [-0.15, -0.1) is 0 Å². The third-order valence-electron chi connectivity index (χ3n) is 2.14. The summed E-state index contributed by atoms with van der Waals surface area (Å²) in [5.74, 6) is 0.917. The lowest BCUT2D eigenvalue weighted by Gasteiger charge is -2.10. The average molecular weight is 240 g/mol. The molecule has 0 aliphatic rings. The highest BCUT2D eigenvalue weighted by Gasteiger charge is 2.00. The van der Waals surface area contributed by atoms with Crippen LogP contribution >= 0.6 is 11.6 Å². The predicted octanol–water partition coefficient (Wildman–Crippen LogP) is 3.32. The van der Waals surface area contributed by atoms with Gasteiger partial charge in [-0.05, 0) is 25.1 Å². The zero-order valence-electron chi connectivity index (χ0n) is 9.58. The molecule has 0 bridgehead atoms. The fourth-order valence-corrected chi connectivity index (χ4v) is 1.44. The van der Waals surface area contributed by atoms with Crippen LogP contribution in [0.5, 0.6) is 5.75 Å². The Morgan fingerprint density at radius 1 is 1.38 bits per heavy atom. The molecule has 0 saturated heterocycles. The maximum absolute atomic E-state index is 5.60. The molecular formula is C13H18ClNO. The molecule has 0 fully saturated rings. The van der Waals surface area contributed by atoms with E-state index in [4.69, 9.17) is 16.3 Å². The molecule has 0 aliphatic carbocycles. The SMILES string of the molecule is CCCNCc1ccccc1OC/C=C/Cl. The number of benzene rings is 1. The van der Waals surface area contributed by atoms with Gasteiger partial charge in [-0.1, -0.05) is 36.7 Å². The fourth-order valence-electron chi connectivity index (χ4n) is 1.36. The topological polar surface area (TPSA) is 21.3 Å². The monoisotopic (exact) mass is 239 g/mol. The molecule has 1 aromatic carbocycles. The predicted molar refractivity (Wildman–Crippen MR) is 68.9 cm³/mol. The molecule has 0 unspecified atom stereocenters. The zero-order valence-corrected chi connectivity index (χ0v) is 10.3. The van der Waals surface area contributed by atoms with Gasteiger partial charge in [0.1, 0.15) is 12.4 Å². The molecule has 0 aliphatic heterocycles. The molecule has 0 atom stereocenters. The Kier molecular flexibility index (Phi) is 6.70. The molecule has 0 saturated carbocycles. The van der Waals surface area contributed by atoms with Crippen LogP contribution in [-0.4, -0.2) is 13.2 Å². The number of hydrogen-bond donors (Lipinski definition) is 1. The standard InChI is InChI=1S/C13H18ClNO/c1-2-9-15-11-12-6-3-4-7-13(12)16-10-5-8-14/h3-8,15H,2,9-11H2,1H3/b8-5+. The molecular weight excluding hydrogens is 222 g/mol. The zero-order chi connectivity index (χ0) is 11.6. The van der Waals surface area contributed by atoms with E-state index in [0.717, 1.165) is 25.3 Å². The van der Waals surface area contributed by atoms with Crippen LogP contribution in [0.25, 0.3) is 0 Å². The van der Waals surface area contributed by atoms with Gasteiger partial charge in [0, 0.05) is 17.6 Å². The van der Waals surface area contributed by atoms with Gasteiger partial charge < -0.3 is 10.1 Å². The number of ether oxygens (including phenoxy) is 1. The van der Waals surface area contributed by atoms with E-state index in [2.05, 4.69) is 18.3 Å². The summed E-state index contributed by atoms with van der Waals surface area (Å²) in [6.07, 6.45) is 2.91. The van der Waals surface area contributed by atoms with Gasteiger partial charge in [0.25, 0.3) is 0 Å². The van der Waals surface area contributed by atoms with Crippen molar-refractivity contribution < 1.29 is 4.74 Å². The molecule has 0 aromatic heterocycles. The smallest absolute Gasteiger partial charge is 0.124 e. The van der Waals surface area contributed by atoms with Crippen LogP contribution in [0, 0.1) is 0 Å². The molecule has 1 N–H and O–H groups in total. The second-order valence-electron chi connectivity index (χ2n) is 3.46. The Balaban J connectivity index is 2.53. The summed E-state index contributed by atoms with van der Waals surface area (Å²) in [4.78, 5) is 0. The number of halogens is 1. The highest BCUT2D eigenvalue weighted by atomic mass is 35.5. The summed E-state index contributed by atoms with van der Waals surface area (Å²) in [7, 11) is 0. The third kappa shape index (κ3) is 4.69. The van der Waals surface area contributed by atoms with E-state index in [-0.39, 0.29) is 0 Å². The Labute approximate surface area is 102 Å². The molecule has 0 amide bonds. The molecule has 3 heteroatoms. The second-order valence-corrected chi connectivity index (χ2v) is 3.71. The highest BCUT2D eigenvalue weighted by Crippen LogP contribution is 2.17. The van der Waals surface area contributed by atoms with Gasteiger partial charge in [-0.25, -0.2) is 0 Å². The first-order valence-electron chi connectivity index (χ1n) is 5.55. The molecule has 1 rings (SSSR count). The maximum Gasteiger partial charge on any atom is 0.124 e. The van der Waals surface area contributed by atoms with E-state index in [0.29, 0.717) is 6.61 Å². The first-order chi connectivity index (χ1) is 7.88. The van der Waals surface area contributed by atoms with E-state index in [1.807, 2.05) is 18.2 Å². The summed E-state index contributed by atoms with van der Waals surface area (Å²) < 4.78 is 5.60. The van der Waals surface area contributed by atoms with Crippen LogP contribution in [0.4, 0.5) is 0 Å². The fraction of sp³-hybridized carbons (Fsp3) is 0.385. The van der Waals surface area contributed by atoms with Gasteiger partial charge >= 0.3 is 0 Å². The van der Waals surface area contributed by atoms with Crippen LogP contribution < -0.4 is 10.1 Å². The molecule has 0 spiro atoms. The minimum absolute atomic E-state index is 0.508.